The maximum Gasteiger partial charge on any atom is 0.291 e. The van der Waals surface area contributed by atoms with E-state index in [1.165, 1.54) is 16.4 Å². The normalized spacial score (nSPS) is 18.1. The standard InChI is InChI=1S/C24H32N4O4/c29-22(26-14-10-21(11-15-26)16-20-4-2-1-3-5-20)7-6-19-8-12-27(13-9-19)23(30)17-28-18-24(31)32-25-28/h1-5,18-19,21H,6-17H2. The third-order valence-electron chi connectivity index (χ3n) is 6.86. The number of nitrogens with zero attached hydrogens (tertiary/aromatic N) is 4. The molecule has 8 heteroatoms. The summed E-state index contributed by atoms with van der Waals surface area (Å²) in [6, 6.07) is 10.6. The van der Waals surface area contributed by atoms with E-state index < -0.39 is 5.95 Å². The Labute approximate surface area is 188 Å². The fourth-order valence-corrected chi connectivity index (χ4v) is 4.87. The first kappa shape index (κ1) is 22.3. The van der Waals surface area contributed by atoms with Crippen LogP contribution < -0.4 is 9.79 Å². The average Bonchev–Trinajstić information content (AvgIpc) is 3.23. The highest BCUT2D eigenvalue weighted by molar-refractivity contribution is 5.76. The number of carbonyl (C=O) groups is 2. The number of likely N-dealkylation sites (tertiary alicyclic amines) is 2. The molecular weight excluding hydrogens is 408 g/mol. The van der Waals surface area contributed by atoms with Gasteiger partial charge in [-0.25, -0.2) is 0 Å². The van der Waals surface area contributed by atoms with Crippen LogP contribution in [0.3, 0.4) is 0 Å². The molecule has 0 atom stereocenters. The molecule has 0 aliphatic carbocycles. The maximum atomic E-state index is 12.7. The van der Waals surface area contributed by atoms with Crippen LogP contribution in [0.4, 0.5) is 0 Å². The summed E-state index contributed by atoms with van der Waals surface area (Å²) in [5.74, 6) is 0.806. The van der Waals surface area contributed by atoms with Crippen molar-refractivity contribution in [3.05, 3.63) is 42.1 Å². The SMILES string of the molecule is O=C(CCC1CCN(C(=O)C[n+]2cc([O-])on2)CC1)N1CCC(Cc2ccccc2)CC1. The lowest BCUT2D eigenvalue weighted by Gasteiger charge is -2.34. The maximum absolute atomic E-state index is 12.7. The van der Waals surface area contributed by atoms with Crippen LogP contribution in [-0.2, 0) is 22.6 Å². The molecule has 0 saturated carbocycles. The monoisotopic (exact) mass is 440 g/mol. The van der Waals surface area contributed by atoms with Crippen LogP contribution >= 0.6 is 0 Å². The molecule has 2 aromatic rings. The van der Waals surface area contributed by atoms with Gasteiger partial charge in [-0.15, -0.1) is 0 Å². The third kappa shape index (κ3) is 6.08. The summed E-state index contributed by atoms with van der Waals surface area (Å²) >= 11 is 0. The number of benzene rings is 1. The first-order chi connectivity index (χ1) is 15.6. The van der Waals surface area contributed by atoms with Gasteiger partial charge in [0.05, 0.1) is 5.27 Å². The van der Waals surface area contributed by atoms with E-state index in [-0.39, 0.29) is 18.4 Å². The highest BCUT2D eigenvalue weighted by Crippen LogP contribution is 2.25. The third-order valence-corrected chi connectivity index (χ3v) is 6.86. The Hall–Kier alpha value is -2.90. The topological polar surface area (TPSA) is 93.6 Å². The van der Waals surface area contributed by atoms with Crippen LogP contribution in [-0.4, -0.2) is 53.1 Å². The largest absolute Gasteiger partial charge is 0.539 e. The molecule has 0 N–H and O–H groups in total. The number of amides is 2. The van der Waals surface area contributed by atoms with Crippen molar-refractivity contribution in [2.45, 2.75) is 51.5 Å². The summed E-state index contributed by atoms with van der Waals surface area (Å²) < 4.78 is 5.69. The predicted molar refractivity (Wildman–Crippen MR) is 114 cm³/mol. The highest BCUT2D eigenvalue weighted by Gasteiger charge is 2.27. The van der Waals surface area contributed by atoms with E-state index in [0.717, 1.165) is 51.6 Å². The van der Waals surface area contributed by atoms with Gasteiger partial charge < -0.3 is 19.4 Å². The Balaban J connectivity index is 1.12. The molecule has 0 unspecified atom stereocenters. The second-order valence-corrected chi connectivity index (χ2v) is 9.10. The van der Waals surface area contributed by atoms with Crippen LogP contribution in [0.5, 0.6) is 5.95 Å². The Morgan fingerprint density at radius 2 is 1.59 bits per heavy atom. The number of piperidine rings is 2. The second kappa shape index (κ2) is 10.6. The first-order valence-electron chi connectivity index (χ1n) is 11.7. The Morgan fingerprint density at radius 1 is 0.969 bits per heavy atom. The summed E-state index contributed by atoms with van der Waals surface area (Å²) in [7, 11) is 0. The minimum atomic E-state index is -0.554. The number of rotatable bonds is 7. The fourth-order valence-electron chi connectivity index (χ4n) is 4.87. The van der Waals surface area contributed by atoms with Crippen molar-refractivity contribution >= 4 is 11.8 Å². The van der Waals surface area contributed by atoms with E-state index in [2.05, 4.69) is 40.1 Å². The van der Waals surface area contributed by atoms with Crippen LogP contribution in [0.2, 0.25) is 0 Å². The number of aromatic nitrogens is 2. The van der Waals surface area contributed by atoms with Gasteiger partial charge in [-0.2, -0.15) is 0 Å². The lowest BCUT2D eigenvalue weighted by Crippen LogP contribution is -2.48. The van der Waals surface area contributed by atoms with Crippen molar-refractivity contribution in [2.75, 3.05) is 26.2 Å². The minimum absolute atomic E-state index is 0.0229. The molecule has 2 aliphatic heterocycles. The van der Waals surface area contributed by atoms with Gasteiger partial charge in [-0.05, 0) is 55.9 Å². The molecule has 32 heavy (non-hydrogen) atoms. The van der Waals surface area contributed by atoms with Crippen molar-refractivity contribution in [1.29, 1.82) is 0 Å². The van der Waals surface area contributed by atoms with E-state index >= 15 is 0 Å². The Kier molecular flexibility index (Phi) is 7.39. The van der Waals surface area contributed by atoms with E-state index in [0.29, 0.717) is 31.3 Å². The summed E-state index contributed by atoms with van der Waals surface area (Å²) in [5, 5.41) is 14.5. The summed E-state index contributed by atoms with van der Waals surface area (Å²) in [6.45, 7) is 3.13. The number of carbonyl (C=O) groups excluding carboxylic acids is 2. The van der Waals surface area contributed by atoms with Crippen LogP contribution in [0, 0.1) is 11.8 Å². The van der Waals surface area contributed by atoms with Crippen molar-refractivity contribution in [3.63, 3.8) is 0 Å². The minimum Gasteiger partial charge on any atom is -0.539 e. The van der Waals surface area contributed by atoms with Gasteiger partial charge in [0.15, 0.2) is 0 Å². The summed E-state index contributed by atoms with van der Waals surface area (Å²) in [5.41, 5.74) is 1.39. The fraction of sp³-hybridized carbons (Fsp3) is 0.583. The molecule has 0 spiro atoms. The zero-order valence-electron chi connectivity index (χ0n) is 18.5. The molecule has 172 valence electrons. The molecule has 1 aromatic heterocycles. The Bertz CT molecular complexity index is 884. The second-order valence-electron chi connectivity index (χ2n) is 9.10. The van der Waals surface area contributed by atoms with Crippen LogP contribution in [0.25, 0.3) is 0 Å². The molecule has 2 fully saturated rings. The summed E-state index contributed by atoms with van der Waals surface area (Å²) in [4.78, 5) is 28.9. The smallest absolute Gasteiger partial charge is 0.291 e. The molecule has 4 rings (SSSR count). The van der Waals surface area contributed by atoms with Gasteiger partial charge >= 0.3 is 0 Å². The van der Waals surface area contributed by atoms with E-state index in [1.807, 2.05) is 9.80 Å². The molecule has 0 bridgehead atoms. The van der Waals surface area contributed by atoms with Gasteiger partial charge in [0.25, 0.3) is 12.5 Å². The first-order valence-corrected chi connectivity index (χ1v) is 11.7. The van der Waals surface area contributed by atoms with E-state index in [9.17, 15) is 14.7 Å². The van der Waals surface area contributed by atoms with Crippen molar-refractivity contribution in [2.24, 2.45) is 11.8 Å². The molecular formula is C24H32N4O4. The number of hydrogen-bond donors (Lipinski definition) is 0. The van der Waals surface area contributed by atoms with Crippen LogP contribution in [0.1, 0.15) is 44.1 Å². The van der Waals surface area contributed by atoms with Gasteiger partial charge in [0.2, 0.25) is 12.1 Å². The van der Waals surface area contributed by atoms with Gasteiger partial charge in [0.1, 0.15) is 5.95 Å². The van der Waals surface area contributed by atoms with Crippen molar-refractivity contribution in [1.82, 2.24) is 15.1 Å². The molecule has 2 amide bonds. The van der Waals surface area contributed by atoms with Crippen molar-refractivity contribution < 1.29 is 23.9 Å². The van der Waals surface area contributed by atoms with Gasteiger partial charge in [0, 0.05) is 32.6 Å². The molecule has 2 saturated heterocycles. The number of hydrogen-bond acceptors (Lipinski definition) is 5. The van der Waals surface area contributed by atoms with E-state index in [4.69, 9.17) is 0 Å². The van der Waals surface area contributed by atoms with Gasteiger partial charge in [-0.3, -0.25) is 9.59 Å². The zero-order valence-corrected chi connectivity index (χ0v) is 18.5. The average molecular weight is 441 g/mol. The molecule has 8 nitrogen and oxygen atoms in total. The lowest BCUT2D eigenvalue weighted by molar-refractivity contribution is -0.751. The molecule has 2 aliphatic rings. The Morgan fingerprint density at radius 3 is 2.22 bits per heavy atom. The van der Waals surface area contributed by atoms with E-state index in [1.54, 1.807) is 0 Å². The lowest BCUT2D eigenvalue weighted by atomic mass is 9.89. The molecule has 0 radical (unpaired) electrons. The zero-order chi connectivity index (χ0) is 22.3. The molecule has 1 aromatic carbocycles. The highest BCUT2D eigenvalue weighted by atomic mass is 16.6. The summed E-state index contributed by atoms with van der Waals surface area (Å²) in [6.07, 6.45) is 7.76. The van der Waals surface area contributed by atoms with Crippen molar-refractivity contribution in [3.8, 4) is 5.95 Å². The van der Waals surface area contributed by atoms with Crippen LogP contribution in [0.15, 0.2) is 41.1 Å². The molecule has 3 heterocycles. The van der Waals surface area contributed by atoms with Gasteiger partial charge in [-0.1, -0.05) is 35.0 Å². The predicted octanol–water partition coefficient (Wildman–Crippen LogP) is 1.54. The quantitative estimate of drug-likeness (QED) is 0.609.